The Morgan fingerprint density at radius 1 is 1.15 bits per heavy atom. The quantitative estimate of drug-likeness (QED) is 0.795. The van der Waals surface area contributed by atoms with Gasteiger partial charge in [0.2, 0.25) is 0 Å². The molecule has 1 aromatic rings. The summed E-state index contributed by atoms with van der Waals surface area (Å²) < 4.78 is 0. The second kappa shape index (κ2) is 6.82. The summed E-state index contributed by atoms with van der Waals surface area (Å²) in [5.41, 5.74) is 1.10. The first-order chi connectivity index (χ1) is 9.51. The molecule has 1 aliphatic carbocycles. The second-order valence-electron chi connectivity index (χ2n) is 5.88. The van der Waals surface area contributed by atoms with Gasteiger partial charge in [0.15, 0.2) is 0 Å². The Labute approximate surface area is 130 Å². The van der Waals surface area contributed by atoms with Crippen LogP contribution in [0.2, 0.25) is 10.0 Å². The van der Waals surface area contributed by atoms with E-state index in [2.05, 4.69) is 0 Å². The lowest BCUT2D eigenvalue weighted by Crippen LogP contribution is -2.28. The molecule has 0 aliphatic heterocycles. The maximum Gasteiger partial charge on any atom is 0.303 e. The zero-order valence-electron chi connectivity index (χ0n) is 11.5. The molecule has 0 atom stereocenters. The molecule has 0 heterocycles. The van der Waals surface area contributed by atoms with E-state index in [9.17, 15) is 9.90 Å². The van der Waals surface area contributed by atoms with Crippen LogP contribution in [-0.4, -0.2) is 11.1 Å². The fourth-order valence-corrected chi connectivity index (χ4v) is 3.56. The Morgan fingerprint density at radius 2 is 1.85 bits per heavy atom. The van der Waals surface area contributed by atoms with Crippen LogP contribution in [0.4, 0.5) is 0 Å². The molecule has 110 valence electrons. The summed E-state index contributed by atoms with van der Waals surface area (Å²) in [5.74, 6) is -0.680. The molecule has 2 nitrogen and oxygen atoms in total. The Hall–Kier alpha value is -0.730. The number of carboxylic acid groups (broad SMARTS) is 1. The normalized spacial score (nSPS) is 17.9. The van der Waals surface area contributed by atoms with Gasteiger partial charge in [0, 0.05) is 0 Å². The van der Waals surface area contributed by atoms with Gasteiger partial charge in [0.1, 0.15) is 0 Å². The van der Waals surface area contributed by atoms with Crippen LogP contribution in [-0.2, 0) is 11.2 Å². The minimum absolute atomic E-state index is 0.0316. The number of rotatable bonds is 5. The highest BCUT2D eigenvalue weighted by Crippen LogP contribution is 2.43. The highest BCUT2D eigenvalue weighted by atomic mass is 35.5. The highest BCUT2D eigenvalue weighted by molar-refractivity contribution is 6.42. The first kappa shape index (κ1) is 15.7. The molecule has 0 saturated heterocycles. The summed E-state index contributed by atoms with van der Waals surface area (Å²) in [5, 5.41) is 10.3. The molecular weight excluding hydrogens is 295 g/mol. The predicted octanol–water partition coefficient (Wildman–Crippen LogP) is 5.35. The molecule has 0 spiro atoms. The minimum atomic E-state index is -0.680. The van der Waals surface area contributed by atoms with Crippen LogP contribution in [0.3, 0.4) is 0 Å². The Balaban J connectivity index is 2.04. The van der Waals surface area contributed by atoms with Gasteiger partial charge in [0.25, 0.3) is 0 Å². The van der Waals surface area contributed by atoms with E-state index in [-0.39, 0.29) is 11.8 Å². The van der Waals surface area contributed by atoms with Crippen molar-refractivity contribution in [3.8, 4) is 0 Å². The van der Waals surface area contributed by atoms with Gasteiger partial charge in [-0.25, -0.2) is 0 Å². The molecule has 1 aromatic carbocycles. The topological polar surface area (TPSA) is 37.3 Å². The van der Waals surface area contributed by atoms with E-state index >= 15 is 0 Å². The van der Waals surface area contributed by atoms with E-state index in [1.54, 1.807) is 0 Å². The minimum Gasteiger partial charge on any atom is -0.481 e. The first-order valence-corrected chi connectivity index (χ1v) is 7.92. The molecule has 0 aromatic heterocycles. The van der Waals surface area contributed by atoms with E-state index in [1.807, 2.05) is 18.2 Å². The van der Waals surface area contributed by atoms with E-state index < -0.39 is 5.97 Å². The van der Waals surface area contributed by atoms with E-state index in [0.29, 0.717) is 10.0 Å². The number of aliphatic carboxylic acids is 1. The molecule has 1 N–H and O–H groups in total. The second-order valence-corrected chi connectivity index (χ2v) is 6.69. The molecule has 0 bridgehead atoms. The zero-order valence-corrected chi connectivity index (χ0v) is 13.0. The molecule has 20 heavy (non-hydrogen) atoms. The van der Waals surface area contributed by atoms with Gasteiger partial charge >= 0.3 is 5.97 Å². The molecular formula is C16H20Cl2O2. The van der Waals surface area contributed by atoms with Gasteiger partial charge in [-0.05, 0) is 48.8 Å². The van der Waals surface area contributed by atoms with Crippen molar-refractivity contribution < 1.29 is 9.90 Å². The number of carbonyl (C=O) groups is 1. The Kier molecular flexibility index (Phi) is 5.34. The van der Waals surface area contributed by atoms with Crippen molar-refractivity contribution in [1.29, 1.82) is 0 Å². The largest absolute Gasteiger partial charge is 0.481 e. The number of halogens is 2. The maximum absolute atomic E-state index is 11.1. The monoisotopic (exact) mass is 314 g/mol. The zero-order chi connectivity index (χ0) is 14.6. The van der Waals surface area contributed by atoms with Crippen LogP contribution in [0.15, 0.2) is 18.2 Å². The average molecular weight is 315 g/mol. The molecule has 0 amide bonds. The van der Waals surface area contributed by atoms with Gasteiger partial charge in [-0.2, -0.15) is 0 Å². The summed E-state index contributed by atoms with van der Waals surface area (Å²) in [6.07, 6.45) is 7.65. The number of aryl methyl sites for hydroxylation is 1. The summed E-state index contributed by atoms with van der Waals surface area (Å²) in [7, 11) is 0. The molecule has 1 fully saturated rings. The van der Waals surface area contributed by atoms with Crippen LogP contribution in [0.1, 0.15) is 50.5 Å². The highest BCUT2D eigenvalue weighted by Gasteiger charge is 2.33. The van der Waals surface area contributed by atoms with Gasteiger partial charge in [-0.3, -0.25) is 4.79 Å². The maximum atomic E-state index is 11.1. The number of benzene rings is 1. The third-order valence-corrected chi connectivity index (χ3v) is 5.11. The molecule has 0 unspecified atom stereocenters. The molecule has 0 radical (unpaired) electrons. The predicted molar refractivity (Wildman–Crippen MR) is 82.6 cm³/mol. The van der Waals surface area contributed by atoms with Crippen molar-refractivity contribution in [3.63, 3.8) is 0 Å². The van der Waals surface area contributed by atoms with Gasteiger partial charge < -0.3 is 5.11 Å². The van der Waals surface area contributed by atoms with Gasteiger partial charge in [-0.1, -0.05) is 48.5 Å². The van der Waals surface area contributed by atoms with Crippen molar-refractivity contribution in [2.75, 3.05) is 0 Å². The fraction of sp³-hybridized carbons (Fsp3) is 0.562. The van der Waals surface area contributed by atoms with Crippen molar-refractivity contribution >= 4 is 29.2 Å². The number of hydrogen-bond donors (Lipinski definition) is 1. The fourth-order valence-electron chi connectivity index (χ4n) is 3.24. The summed E-state index contributed by atoms with van der Waals surface area (Å²) in [6.45, 7) is 0. The smallest absolute Gasteiger partial charge is 0.303 e. The molecule has 4 heteroatoms. The summed E-state index contributed by atoms with van der Waals surface area (Å²) in [4.78, 5) is 11.1. The molecule has 1 saturated carbocycles. The lowest BCUT2D eigenvalue weighted by atomic mass is 9.68. The third kappa shape index (κ3) is 4.13. The number of carboxylic acids is 1. The third-order valence-electron chi connectivity index (χ3n) is 4.37. The SMILES string of the molecule is O=C(O)CC1(CCc2ccc(Cl)c(Cl)c2)CCCCC1. The number of hydrogen-bond acceptors (Lipinski definition) is 1. The van der Waals surface area contributed by atoms with Crippen LogP contribution in [0.5, 0.6) is 0 Å². The van der Waals surface area contributed by atoms with Crippen molar-refractivity contribution in [3.05, 3.63) is 33.8 Å². The Morgan fingerprint density at radius 3 is 2.45 bits per heavy atom. The lowest BCUT2D eigenvalue weighted by Gasteiger charge is -2.36. The summed E-state index contributed by atoms with van der Waals surface area (Å²) >= 11 is 11.9. The van der Waals surface area contributed by atoms with Gasteiger partial charge in [-0.15, -0.1) is 0 Å². The molecule has 2 rings (SSSR count). The average Bonchev–Trinajstić information content (AvgIpc) is 2.40. The van der Waals surface area contributed by atoms with Crippen molar-refractivity contribution in [1.82, 2.24) is 0 Å². The summed E-state index contributed by atoms with van der Waals surface area (Å²) in [6, 6.07) is 5.68. The van der Waals surface area contributed by atoms with Gasteiger partial charge in [0.05, 0.1) is 16.5 Å². The van der Waals surface area contributed by atoms with E-state index in [4.69, 9.17) is 23.2 Å². The van der Waals surface area contributed by atoms with E-state index in [0.717, 1.165) is 44.1 Å². The van der Waals surface area contributed by atoms with Crippen LogP contribution in [0, 0.1) is 5.41 Å². The van der Waals surface area contributed by atoms with Crippen molar-refractivity contribution in [2.24, 2.45) is 5.41 Å². The Bertz CT molecular complexity index is 479. The van der Waals surface area contributed by atoms with Crippen LogP contribution < -0.4 is 0 Å². The standard InChI is InChI=1S/C16H20Cl2O2/c17-13-5-4-12(10-14(13)18)6-9-16(11-15(19)20)7-2-1-3-8-16/h4-5,10H,1-3,6-9,11H2,(H,19,20). The van der Waals surface area contributed by atoms with Crippen molar-refractivity contribution in [2.45, 2.75) is 51.4 Å². The van der Waals surface area contributed by atoms with E-state index in [1.165, 1.54) is 6.42 Å². The molecule has 1 aliphatic rings. The van der Waals surface area contributed by atoms with Crippen LogP contribution in [0.25, 0.3) is 0 Å². The van der Waals surface area contributed by atoms with Crippen LogP contribution >= 0.6 is 23.2 Å². The first-order valence-electron chi connectivity index (χ1n) is 7.17. The lowest BCUT2D eigenvalue weighted by molar-refractivity contribution is -0.140.